The minimum Gasteiger partial charge on any atom is -0.495 e. The highest BCUT2D eigenvalue weighted by molar-refractivity contribution is 9.10. The van der Waals surface area contributed by atoms with Gasteiger partial charge in [-0.2, -0.15) is 0 Å². The molecule has 0 aliphatic carbocycles. The Kier molecular flexibility index (Phi) is 3.17. The number of methoxy groups -OCH3 is 1. The van der Waals surface area contributed by atoms with Gasteiger partial charge in [-0.3, -0.25) is 0 Å². The van der Waals surface area contributed by atoms with Crippen LogP contribution in [-0.2, 0) is 5.60 Å². The summed E-state index contributed by atoms with van der Waals surface area (Å²) < 4.78 is 18.8. The van der Waals surface area contributed by atoms with Gasteiger partial charge in [0.25, 0.3) is 0 Å². The molecule has 0 aliphatic heterocycles. The van der Waals surface area contributed by atoms with Gasteiger partial charge in [0.1, 0.15) is 11.6 Å². The van der Waals surface area contributed by atoms with Crippen LogP contribution in [0.15, 0.2) is 16.6 Å². The summed E-state index contributed by atoms with van der Waals surface area (Å²) in [5.41, 5.74) is -0.955. The van der Waals surface area contributed by atoms with Crippen molar-refractivity contribution in [3.8, 4) is 5.75 Å². The number of ether oxygens (including phenoxy) is 1. The molecule has 2 nitrogen and oxygen atoms in total. The number of hydrogen-bond donors (Lipinski definition) is 1. The van der Waals surface area contributed by atoms with Crippen molar-refractivity contribution < 1.29 is 14.2 Å². The summed E-state index contributed by atoms with van der Waals surface area (Å²) >= 11 is 3.07. The average molecular weight is 263 g/mol. The molecule has 0 heterocycles. The maximum absolute atomic E-state index is 13.7. The lowest BCUT2D eigenvalue weighted by atomic mass is 9.98. The quantitative estimate of drug-likeness (QED) is 0.889. The van der Waals surface area contributed by atoms with Crippen LogP contribution >= 0.6 is 15.9 Å². The second-order valence-corrected chi connectivity index (χ2v) is 4.30. The molecule has 0 aliphatic rings. The summed E-state index contributed by atoms with van der Waals surface area (Å²) in [5.74, 6) is -0.0765. The fourth-order valence-electron chi connectivity index (χ4n) is 1.16. The van der Waals surface area contributed by atoms with Gasteiger partial charge in [0, 0.05) is 5.56 Å². The predicted molar refractivity (Wildman–Crippen MR) is 55.9 cm³/mol. The first kappa shape index (κ1) is 11.5. The van der Waals surface area contributed by atoms with Crippen LogP contribution in [0.1, 0.15) is 19.4 Å². The van der Waals surface area contributed by atoms with Crippen LogP contribution in [0.5, 0.6) is 5.75 Å². The first-order valence-electron chi connectivity index (χ1n) is 4.12. The summed E-state index contributed by atoms with van der Waals surface area (Å²) in [6.07, 6.45) is 0. The number of aliphatic hydroxyl groups is 1. The van der Waals surface area contributed by atoms with Crippen LogP contribution in [-0.4, -0.2) is 12.2 Å². The molecular weight excluding hydrogens is 251 g/mol. The maximum Gasteiger partial charge on any atom is 0.147 e. The molecule has 0 aromatic heterocycles. The van der Waals surface area contributed by atoms with Crippen LogP contribution in [0.25, 0.3) is 0 Å². The van der Waals surface area contributed by atoms with Crippen LogP contribution in [0.4, 0.5) is 4.39 Å². The summed E-state index contributed by atoms with van der Waals surface area (Å²) in [4.78, 5) is 0. The Hall–Kier alpha value is -0.610. The second kappa shape index (κ2) is 3.87. The number of halogens is 2. The van der Waals surface area contributed by atoms with E-state index in [1.165, 1.54) is 27.0 Å². The molecular formula is C10H12BrFO2. The summed E-state index contributed by atoms with van der Waals surface area (Å²) in [7, 11) is 1.46. The molecule has 0 spiro atoms. The Bertz CT molecular complexity index is 345. The van der Waals surface area contributed by atoms with E-state index in [0.29, 0.717) is 5.75 Å². The van der Waals surface area contributed by atoms with Gasteiger partial charge in [-0.25, -0.2) is 4.39 Å². The van der Waals surface area contributed by atoms with E-state index in [1.54, 1.807) is 6.07 Å². The van der Waals surface area contributed by atoms with E-state index in [4.69, 9.17) is 4.74 Å². The highest BCUT2D eigenvalue weighted by Gasteiger charge is 2.23. The minimum atomic E-state index is -1.20. The van der Waals surface area contributed by atoms with E-state index in [1.807, 2.05) is 0 Å². The van der Waals surface area contributed by atoms with Gasteiger partial charge >= 0.3 is 0 Å². The lowest BCUT2D eigenvalue weighted by molar-refractivity contribution is 0.0743. The molecule has 0 atom stereocenters. The number of rotatable bonds is 2. The van der Waals surface area contributed by atoms with Crippen molar-refractivity contribution in [2.45, 2.75) is 19.4 Å². The molecule has 1 aromatic carbocycles. The van der Waals surface area contributed by atoms with Crippen LogP contribution in [0.2, 0.25) is 0 Å². The van der Waals surface area contributed by atoms with E-state index in [-0.39, 0.29) is 10.0 Å². The normalized spacial score (nSPS) is 11.6. The van der Waals surface area contributed by atoms with Gasteiger partial charge in [0.2, 0.25) is 0 Å². The lowest BCUT2D eigenvalue weighted by Crippen LogP contribution is -2.17. The van der Waals surface area contributed by atoms with Gasteiger partial charge in [-0.05, 0) is 41.9 Å². The fraction of sp³-hybridized carbons (Fsp3) is 0.400. The third-order valence-electron chi connectivity index (χ3n) is 1.93. The van der Waals surface area contributed by atoms with Crippen LogP contribution in [0, 0.1) is 5.82 Å². The van der Waals surface area contributed by atoms with Crippen molar-refractivity contribution in [1.29, 1.82) is 0 Å². The first-order valence-corrected chi connectivity index (χ1v) is 4.92. The molecule has 1 N–H and O–H groups in total. The Balaban J connectivity index is 3.31. The molecule has 0 amide bonds. The zero-order chi connectivity index (χ0) is 10.9. The highest BCUT2D eigenvalue weighted by Crippen LogP contribution is 2.33. The van der Waals surface area contributed by atoms with E-state index in [0.717, 1.165) is 0 Å². The Labute approximate surface area is 90.8 Å². The van der Waals surface area contributed by atoms with Gasteiger partial charge in [0.05, 0.1) is 17.2 Å². The van der Waals surface area contributed by atoms with E-state index in [2.05, 4.69) is 15.9 Å². The minimum absolute atomic E-state index is 0.236. The highest BCUT2D eigenvalue weighted by atomic mass is 79.9. The van der Waals surface area contributed by atoms with E-state index < -0.39 is 11.4 Å². The zero-order valence-electron chi connectivity index (χ0n) is 8.27. The third kappa shape index (κ3) is 2.07. The monoisotopic (exact) mass is 262 g/mol. The molecule has 1 rings (SSSR count). The van der Waals surface area contributed by atoms with Gasteiger partial charge in [-0.1, -0.05) is 0 Å². The Morgan fingerprint density at radius 1 is 1.43 bits per heavy atom. The fourth-order valence-corrected chi connectivity index (χ4v) is 1.67. The average Bonchev–Trinajstić information content (AvgIpc) is 2.07. The third-order valence-corrected chi connectivity index (χ3v) is 2.66. The van der Waals surface area contributed by atoms with Crippen molar-refractivity contribution in [3.05, 3.63) is 28.0 Å². The largest absolute Gasteiger partial charge is 0.495 e. The Morgan fingerprint density at radius 3 is 2.43 bits per heavy atom. The number of benzene rings is 1. The van der Waals surface area contributed by atoms with E-state index in [9.17, 15) is 9.50 Å². The second-order valence-electron chi connectivity index (χ2n) is 3.50. The van der Waals surface area contributed by atoms with Gasteiger partial charge in [0.15, 0.2) is 0 Å². The first-order chi connectivity index (χ1) is 6.38. The van der Waals surface area contributed by atoms with Crippen LogP contribution < -0.4 is 4.74 Å². The van der Waals surface area contributed by atoms with E-state index >= 15 is 0 Å². The van der Waals surface area contributed by atoms with Crippen molar-refractivity contribution in [2.24, 2.45) is 0 Å². The predicted octanol–water partition coefficient (Wildman–Crippen LogP) is 2.82. The topological polar surface area (TPSA) is 29.5 Å². The van der Waals surface area contributed by atoms with Crippen molar-refractivity contribution in [1.82, 2.24) is 0 Å². The lowest BCUT2D eigenvalue weighted by Gasteiger charge is -2.19. The molecule has 0 unspecified atom stereocenters. The maximum atomic E-state index is 13.7. The standard InChI is InChI=1S/C10H12BrFO2/c1-10(2,13)6-4-5-7(14-3)8(11)9(6)12/h4-5,13H,1-3H3. The van der Waals surface area contributed by atoms with Crippen molar-refractivity contribution >= 4 is 15.9 Å². The van der Waals surface area contributed by atoms with Crippen molar-refractivity contribution in [3.63, 3.8) is 0 Å². The molecule has 14 heavy (non-hydrogen) atoms. The Morgan fingerprint density at radius 2 is 2.00 bits per heavy atom. The smallest absolute Gasteiger partial charge is 0.147 e. The molecule has 0 saturated heterocycles. The molecule has 78 valence electrons. The molecule has 1 aromatic rings. The molecule has 0 bridgehead atoms. The summed E-state index contributed by atoms with van der Waals surface area (Å²) in [6.45, 7) is 3.06. The SMILES string of the molecule is COc1ccc(C(C)(C)O)c(F)c1Br. The zero-order valence-corrected chi connectivity index (χ0v) is 9.85. The summed E-state index contributed by atoms with van der Waals surface area (Å²) in [6, 6.07) is 3.12. The van der Waals surface area contributed by atoms with Crippen LogP contribution in [0.3, 0.4) is 0 Å². The summed E-state index contributed by atoms with van der Waals surface area (Å²) in [5, 5.41) is 9.66. The molecule has 0 fully saturated rings. The molecule has 4 heteroatoms. The van der Waals surface area contributed by atoms with Crippen molar-refractivity contribution in [2.75, 3.05) is 7.11 Å². The van der Waals surface area contributed by atoms with Gasteiger partial charge in [-0.15, -0.1) is 0 Å². The number of hydrogen-bond acceptors (Lipinski definition) is 2. The van der Waals surface area contributed by atoms with Gasteiger partial charge < -0.3 is 9.84 Å². The molecule has 0 radical (unpaired) electrons. The molecule has 0 saturated carbocycles.